The Morgan fingerprint density at radius 1 is 1.39 bits per heavy atom. The molecule has 3 nitrogen and oxygen atoms in total. The van der Waals surface area contributed by atoms with Crippen molar-refractivity contribution in [1.29, 1.82) is 0 Å². The maximum Gasteiger partial charge on any atom is 0.270 e. The Bertz CT molecular complexity index is 483. The summed E-state index contributed by atoms with van der Waals surface area (Å²) in [5.74, 6) is 1.07. The molecule has 1 heterocycles. The van der Waals surface area contributed by atoms with Gasteiger partial charge >= 0.3 is 0 Å². The molecule has 1 aliphatic heterocycles. The van der Waals surface area contributed by atoms with Gasteiger partial charge in [-0.1, -0.05) is 25.4 Å². The number of hydrogen-bond acceptors (Lipinski definition) is 2. The minimum absolute atomic E-state index is 0.0223. The van der Waals surface area contributed by atoms with Gasteiger partial charge in [-0.05, 0) is 38.0 Å². The van der Waals surface area contributed by atoms with Gasteiger partial charge in [0.1, 0.15) is 5.75 Å². The lowest BCUT2D eigenvalue weighted by molar-refractivity contribution is -0.132. The molecule has 0 aromatic heterocycles. The van der Waals surface area contributed by atoms with Crippen LogP contribution in [-0.4, -0.2) is 18.1 Å². The van der Waals surface area contributed by atoms with Crippen molar-refractivity contribution in [2.45, 2.75) is 33.3 Å². The topological polar surface area (TPSA) is 29.5 Å². The summed E-state index contributed by atoms with van der Waals surface area (Å²) in [6.07, 6.45) is 0. The second kappa shape index (κ2) is 4.47. The fourth-order valence-electron chi connectivity index (χ4n) is 2.09. The maximum atomic E-state index is 12.4. The molecule has 0 saturated carbocycles. The number of amides is 1. The zero-order valence-corrected chi connectivity index (χ0v) is 11.9. The van der Waals surface area contributed by atoms with Gasteiger partial charge in [-0.25, -0.2) is 0 Å². The molecule has 0 spiro atoms. The summed E-state index contributed by atoms with van der Waals surface area (Å²) in [7, 11) is 0. The fourth-order valence-corrected chi connectivity index (χ4v) is 2.25. The molecule has 0 radical (unpaired) electrons. The lowest BCUT2D eigenvalue weighted by atomic mass is 10.0. The van der Waals surface area contributed by atoms with Gasteiger partial charge in [-0.3, -0.25) is 4.79 Å². The highest BCUT2D eigenvalue weighted by Gasteiger charge is 2.40. The Kier molecular flexibility index (Phi) is 3.28. The standard InChI is InChI=1S/C14H18ClNO2/c1-9(2)8-16-11-7-10(15)5-6-12(11)18-14(3,4)13(16)17/h5-7,9H,8H2,1-4H3. The van der Waals surface area contributed by atoms with Crippen molar-refractivity contribution in [3.63, 3.8) is 0 Å². The SMILES string of the molecule is CC(C)CN1C(=O)C(C)(C)Oc2ccc(Cl)cc21. The lowest BCUT2D eigenvalue weighted by Crippen LogP contribution is -2.53. The number of fused-ring (bicyclic) bond motifs is 1. The molecule has 0 saturated heterocycles. The van der Waals surface area contributed by atoms with Gasteiger partial charge in [0.05, 0.1) is 5.69 Å². The number of anilines is 1. The first-order chi connectivity index (χ1) is 8.31. The summed E-state index contributed by atoms with van der Waals surface area (Å²) < 4.78 is 5.75. The maximum absolute atomic E-state index is 12.4. The Morgan fingerprint density at radius 3 is 2.67 bits per heavy atom. The number of hydrogen-bond donors (Lipinski definition) is 0. The Morgan fingerprint density at radius 2 is 2.06 bits per heavy atom. The van der Waals surface area contributed by atoms with Crippen LogP contribution in [-0.2, 0) is 4.79 Å². The monoisotopic (exact) mass is 267 g/mol. The van der Waals surface area contributed by atoms with Crippen molar-refractivity contribution < 1.29 is 9.53 Å². The summed E-state index contributed by atoms with van der Waals surface area (Å²) in [6, 6.07) is 5.38. The quantitative estimate of drug-likeness (QED) is 0.821. The summed E-state index contributed by atoms with van der Waals surface area (Å²) in [5.41, 5.74) is -0.0593. The number of rotatable bonds is 2. The van der Waals surface area contributed by atoms with Crippen LogP contribution in [0.1, 0.15) is 27.7 Å². The van der Waals surface area contributed by atoms with E-state index < -0.39 is 5.60 Å². The van der Waals surface area contributed by atoms with Crippen LogP contribution in [0.2, 0.25) is 5.02 Å². The molecule has 0 unspecified atom stereocenters. The van der Waals surface area contributed by atoms with Crippen LogP contribution >= 0.6 is 11.6 Å². The van der Waals surface area contributed by atoms with E-state index in [0.717, 1.165) is 5.69 Å². The highest BCUT2D eigenvalue weighted by molar-refractivity contribution is 6.31. The third-order valence-electron chi connectivity index (χ3n) is 2.88. The van der Waals surface area contributed by atoms with E-state index in [4.69, 9.17) is 16.3 Å². The highest BCUT2D eigenvalue weighted by atomic mass is 35.5. The van der Waals surface area contributed by atoms with E-state index in [1.54, 1.807) is 30.9 Å². The predicted molar refractivity (Wildman–Crippen MR) is 73.4 cm³/mol. The zero-order chi connectivity index (χ0) is 13.5. The molecule has 1 aliphatic rings. The molecule has 0 N–H and O–H groups in total. The Hall–Kier alpha value is -1.22. The van der Waals surface area contributed by atoms with E-state index in [9.17, 15) is 4.79 Å². The van der Waals surface area contributed by atoms with Gasteiger partial charge in [0, 0.05) is 11.6 Å². The molecule has 1 aromatic rings. The first kappa shape index (κ1) is 13.2. The van der Waals surface area contributed by atoms with Crippen molar-refractivity contribution in [3.05, 3.63) is 23.2 Å². The van der Waals surface area contributed by atoms with E-state index in [-0.39, 0.29) is 5.91 Å². The van der Waals surface area contributed by atoms with Gasteiger partial charge in [-0.2, -0.15) is 0 Å². The first-order valence-corrected chi connectivity index (χ1v) is 6.49. The van der Waals surface area contributed by atoms with Crippen molar-refractivity contribution in [1.82, 2.24) is 0 Å². The van der Waals surface area contributed by atoms with E-state index in [2.05, 4.69) is 13.8 Å². The van der Waals surface area contributed by atoms with Gasteiger partial charge < -0.3 is 9.64 Å². The van der Waals surface area contributed by atoms with Crippen LogP contribution in [0, 0.1) is 5.92 Å². The van der Waals surface area contributed by atoms with Crippen molar-refractivity contribution in [2.24, 2.45) is 5.92 Å². The minimum Gasteiger partial charge on any atom is -0.476 e. The lowest BCUT2D eigenvalue weighted by Gasteiger charge is -2.39. The number of halogens is 1. The van der Waals surface area contributed by atoms with Gasteiger partial charge in [0.2, 0.25) is 0 Å². The number of nitrogens with zero attached hydrogens (tertiary/aromatic N) is 1. The van der Waals surface area contributed by atoms with Crippen LogP contribution in [0.5, 0.6) is 5.75 Å². The Balaban J connectivity index is 2.49. The molecule has 4 heteroatoms. The van der Waals surface area contributed by atoms with Crippen LogP contribution in [0.4, 0.5) is 5.69 Å². The summed E-state index contributed by atoms with van der Waals surface area (Å²) in [6.45, 7) is 8.42. The third kappa shape index (κ3) is 2.32. The average Bonchev–Trinajstić information content (AvgIpc) is 2.25. The molecule has 1 amide bonds. The summed E-state index contributed by atoms with van der Waals surface area (Å²) >= 11 is 6.00. The van der Waals surface area contributed by atoms with Crippen LogP contribution in [0.25, 0.3) is 0 Å². The summed E-state index contributed by atoms with van der Waals surface area (Å²) in [5, 5.41) is 0.610. The predicted octanol–water partition coefficient (Wildman–Crippen LogP) is 3.50. The Labute approximate surface area is 113 Å². The molecular formula is C14H18ClNO2. The van der Waals surface area contributed by atoms with Crippen LogP contribution in [0.15, 0.2) is 18.2 Å². The van der Waals surface area contributed by atoms with E-state index in [1.165, 1.54) is 0 Å². The zero-order valence-electron chi connectivity index (χ0n) is 11.2. The molecule has 0 bridgehead atoms. The number of ether oxygens (including phenoxy) is 1. The number of carbonyl (C=O) groups is 1. The van der Waals surface area contributed by atoms with Crippen LogP contribution in [0.3, 0.4) is 0 Å². The van der Waals surface area contributed by atoms with Gasteiger partial charge in [0.15, 0.2) is 5.60 Å². The minimum atomic E-state index is -0.824. The normalized spacial score (nSPS) is 17.7. The van der Waals surface area contributed by atoms with Gasteiger partial charge in [0.25, 0.3) is 5.91 Å². The van der Waals surface area contributed by atoms with Crippen molar-refractivity contribution in [2.75, 3.05) is 11.4 Å². The molecule has 0 aliphatic carbocycles. The fraction of sp³-hybridized carbons (Fsp3) is 0.500. The second-order valence-corrected chi connectivity index (χ2v) is 5.97. The average molecular weight is 268 g/mol. The molecule has 98 valence electrons. The van der Waals surface area contributed by atoms with Gasteiger partial charge in [-0.15, -0.1) is 0 Å². The van der Waals surface area contributed by atoms with E-state index in [1.807, 2.05) is 6.07 Å². The molecule has 2 rings (SSSR count). The number of carbonyl (C=O) groups excluding carboxylic acids is 1. The smallest absolute Gasteiger partial charge is 0.270 e. The van der Waals surface area contributed by atoms with Crippen molar-refractivity contribution in [3.8, 4) is 5.75 Å². The van der Waals surface area contributed by atoms with E-state index >= 15 is 0 Å². The van der Waals surface area contributed by atoms with Crippen molar-refractivity contribution >= 4 is 23.2 Å². The highest BCUT2D eigenvalue weighted by Crippen LogP contribution is 2.39. The molecule has 18 heavy (non-hydrogen) atoms. The third-order valence-corrected chi connectivity index (χ3v) is 3.12. The largest absolute Gasteiger partial charge is 0.476 e. The molecular weight excluding hydrogens is 250 g/mol. The molecule has 1 aromatic carbocycles. The van der Waals surface area contributed by atoms with E-state index in [0.29, 0.717) is 23.2 Å². The number of benzene rings is 1. The first-order valence-electron chi connectivity index (χ1n) is 6.12. The summed E-state index contributed by atoms with van der Waals surface area (Å²) in [4.78, 5) is 14.2. The second-order valence-electron chi connectivity index (χ2n) is 5.53. The molecule has 0 atom stereocenters. The van der Waals surface area contributed by atoms with Crippen LogP contribution < -0.4 is 9.64 Å². The molecule has 0 fully saturated rings.